The third-order valence-corrected chi connectivity index (χ3v) is 3.63. The number of amides is 1. The third kappa shape index (κ3) is 4.75. The quantitative estimate of drug-likeness (QED) is 0.737. The van der Waals surface area contributed by atoms with Crippen molar-refractivity contribution >= 4 is 11.6 Å². The van der Waals surface area contributed by atoms with Crippen LogP contribution in [0.15, 0.2) is 27.8 Å². The Balaban J connectivity index is 2.06. The fraction of sp³-hybridized carbons (Fsp3) is 0.312. The van der Waals surface area contributed by atoms with Crippen molar-refractivity contribution in [3.05, 3.63) is 55.9 Å². The lowest BCUT2D eigenvalue weighted by molar-refractivity contribution is -0.116. The van der Waals surface area contributed by atoms with E-state index in [1.54, 1.807) is 19.9 Å². The van der Waals surface area contributed by atoms with Crippen LogP contribution in [0.5, 0.6) is 5.75 Å². The van der Waals surface area contributed by atoms with E-state index in [4.69, 9.17) is 0 Å². The van der Waals surface area contributed by atoms with Crippen molar-refractivity contribution in [2.75, 3.05) is 5.32 Å². The SMILES string of the molecule is Cc1[nH]c(=O)[nH]c(=O)c1CCC(=O)Nc1cccc(OC(F)F)c1C. The molecule has 0 unspecified atom stereocenters. The summed E-state index contributed by atoms with van der Waals surface area (Å²) in [5.41, 5.74) is 0.260. The molecule has 1 aromatic carbocycles. The number of hydrogen-bond acceptors (Lipinski definition) is 4. The largest absolute Gasteiger partial charge is 0.434 e. The first-order chi connectivity index (χ1) is 11.8. The number of halogens is 2. The zero-order valence-electron chi connectivity index (χ0n) is 13.6. The van der Waals surface area contributed by atoms with Crippen LogP contribution in [-0.2, 0) is 11.2 Å². The van der Waals surface area contributed by atoms with Crippen LogP contribution in [0.2, 0.25) is 0 Å². The van der Waals surface area contributed by atoms with Crippen molar-refractivity contribution in [1.82, 2.24) is 9.97 Å². The number of rotatable bonds is 6. The molecule has 0 aliphatic rings. The molecule has 9 heteroatoms. The van der Waals surface area contributed by atoms with Gasteiger partial charge in [-0.15, -0.1) is 0 Å². The van der Waals surface area contributed by atoms with Crippen LogP contribution in [0.25, 0.3) is 0 Å². The summed E-state index contributed by atoms with van der Waals surface area (Å²) in [6.45, 7) is 0.156. The maximum Gasteiger partial charge on any atom is 0.387 e. The molecule has 0 saturated heterocycles. The summed E-state index contributed by atoms with van der Waals surface area (Å²) in [7, 11) is 0. The van der Waals surface area contributed by atoms with Gasteiger partial charge in [-0.3, -0.25) is 14.6 Å². The first kappa shape index (κ1) is 18.4. The summed E-state index contributed by atoms with van der Waals surface area (Å²) >= 11 is 0. The van der Waals surface area contributed by atoms with Crippen molar-refractivity contribution in [1.29, 1.82) is 0 Å². The molecule has 3 N–H and O–H groups in total. The van der Waals surface area contributed by atoms with Crippen LogP contribution in [0.3, 0.4) is 0 Å². The maximum atomic E-state index is 12.3. The van der Waals surface area contributed by atoms with E-state index in [1.807, 2.05) is 0 Å². The van der Waals surface area contributed by atoms with E-state index in [1.165, 1.54) is 12.1 Å². The summed E-state index contributed by atoms with van der Waals surface area (Å²) in [6, 6.07) is 4.42. The molecule has 0 saturated carbocycles. The fourth-order valence-corrected chi connectivity index (χ4v) is 2.35. The molecule has 2 aromatic rings. The second-order valence-electron chi connectivity index (χ2n) is 5.37. The lowest BCUT2D eigenvalue weighted by atomic mass is 10.1. The number of aromatic nitrogens is 2. The Kier molecular flexibility index (Phi) is 5.68. The van der Waals surface area contributed by atoms with Gasteiger partial charge in [-0.2, -0.15) is 8.78 Å². The van der Waals surface area contributed by atoms with E-state index >= 15 is 0 Å². The Labute approximate surface area is 141 Å². The second kappa shape index (κ2) is 7.73. The first-order valence-electron chi connectivity index (χ1n) is 7.44. The van der Waals surface area contributed by atoms with Gasteiger partial charge in [0, 0.05) is 28.9 Å². The Bertz CT molecular complexity index is 890. The minimum absolute atomic E-state index is 0.0185. The minimum Gasteiger partial charge on any atom is -0.434 e. The maximum absolute atomic E-state index is 12.3. The summed E-state index contributed by atoms with van der Waals surface area (Å²) in [6.07, 6.45) is 0.103. The van der Waals surface area contributed by atoms with E-state index in [9.17, 15) is 23.2 Å². The number of anilines is 1. The van der Waals surface area contributed by atoms with Crippen LogP contribution in [0.4, 0.5) is 14.5 Å². The highest BCUT2D eigenvalue weighted by Crippen LogP contribution is 2.26. The predicted molar refractivity (Wildman–Crippen MR) is 87.2 cm³/mol. The molecule has 0 radical (unpaired) electrons. The number of H-pyrrole nitrogens is 2. The molecule has 25 heavy (non-hydrogen) atoms. The van der Waals surface area contributed by atoms with E-state index < -0.39 is 23.8 Å². The van der Waals surface area contributed by atoms with E-state index in [2.05, 4.69) is 20.0 Å². The van der Waals surface area contributed by atoms with Crippen molar-refractivity contribution in [2.24, 2.45) is 0 Å². The number of carbonyl (C=O) groups excluding carboxylic acids is 1. The molecular formula is C16H17F2N3O4. The Morgan fingerprint density at radius 2 is 1.96 bits per heavy atom. The van der Waals surface area contributed by atoms with Gasteiger partial charge in [0.15, 0.2) is 0 Å². The van der Waals surface area contributed by atoms with E-state index in [-0.39, 0.29) is 18.6 Å². The topological polar surface area (TPSA) is 104 Å². The number of hydrogen-bond donors (Lipinski definition) is 3. The molecule has 1 aromatic heterocycles. The number of aryl methyl sites for hydroxylation is 1. The molecule has 0 bridgehead atoms. The standard InChI is InChI=1S/C16H17F2N3O4/c1-8-11(4-3-5-12(8)25-15(17)18)20-13(22)7-6-10-9(2)19-16(24)21-14(10)23/h3-5,15H,6-7H2,1-2H3,(H,20,22)(H2,19,21,23,24). The van der Waals surface area contributed by atoms with Crippen molar-refractivity contribution < 1.29 is 18.3 Å². The van der Waals surface area contributed by atoms with Gasteiger partial charge < -0.3 is 15.0 Å². The number of ether oxygens (including phenoxy) is 1. The highest BCUT2D eigenvalue weighted by atomic mass is 19.3. The smallest absolute Gasteiger partial charge is 0.387 e. The van der Waals surface area contributed by atoms with Crippen LogP contribution < -0.4 is 21.3 Å². The number of nitrogens with one attached hydrogen (secondary N) is 3. The molecule has 0 aliphatic heterocycles. The summed E-state index contributed by atoms with van der Waals surface area (Å²) in [5, 5.41) is 2.60. The van der Waals surface area contributed by atoms with Crippen LogP contribution in [0, 0.1) is 13.8 Å². The molecular weight excluding hydrogens is 336 g/mol. The highest BCUT2D eigenvalue weighted by molar-refractivity contribution is 5.92. The molecule has 0 aliphatic carbocycles. The number of alkyl halides is 2. The van der Waals surface area contributed by atoms with Crippen molar-refractivity contribution in [3.8, 4) is 5.75 Å². The molecule has 1 amide bonds. The van der Waals surface area contributed by atoms with Gasteiger partial charge in [0.2, 0.25) is 5.91 Å². The highest BCUT2D eigenvalue weighted by Gasteiger charge is 2.13. The second-order valence-corrected chi connectivity index (χ2v) is 5.37. The van der Waals surface area contributed by atoms with Gasteiger partial charge in [-0.25, -0.2) is 4.79 Å². The average molecular weight is 353 g/mol. The van der Waals surface area contributed by atoms with Crippen LogP contribution in [0.1, 0.15) is 23.2 Å². The van der Waals surface area contributed by atoms with Crippen molar-refractivity contribution in [3.63, 3.8) is 0 Å². The summed E-state index contributed by atoms with van der Waals surface area (Å²) in [4.78, 5) is 39.5. The van der Waals surface area contributed by atoms with Gasteiger partial charge in [0.25, 0.3) is 5.56 Å². The lowest BCUT2D eigenvalue weighted by Gasteiger charge is -2.13. The van der Waals surface area contributed by atoms with Crippen molar-refractivity contribution in [2.45, 2.75) is 33.3 Å². The summed E-state index contributed by atoms with van der Waals surface area (Å²) in [5.74, 6) is -0.428. The molecule has 0 fully saturated rings. The molecule has 0 atom stereocenters. The summed E-state index contributed by atoms with van der Waals surface area (Å²) < 4.78 is 29.1. The Morgan fingerprint density at radius 1 is 1.24 bits per heavy atom. The Morgan fingerprint density at radius 3 is 2.60 bits per heavy atom. The minimum atomic E-state index is -2.96. The lowest BCUT2D eigenvalue weighted by Crippen LogP contribution is -2.27. The van der Waals surface area contributed by atoms with Gasteiger partial charge in [-0.05, 0) is 32.4 Å². The predicted octanol–water partition coefficient (Wildman–Crippen LogP) is 1.85. The Hall–Kier alpha value is -2.97. The zero-order chi connectivity index (χ0) is 18.6. The molecule has 134 valence electrons. The van der Waals surface area contributed by atoms with Gasteiger partial charge in [0.1, 0.15) is 5.75 Å². The first-order valence-corrected chi connectivity index (χ1v) is 7.44. The van der Waals surface area contributed by atoms with Crippen LogP contribution >= 0.6 is 0 Å². The van der Waals surface area contributed by atoms with Gasteiger partial charge in [0.05, 0.1) is 0 Å². The number of aromatic amines is 2. The molecule has 1 heterocycles. The number of carbonyl (C=O) groups is 1. The molecule has 0 spiro atoms. The fourth-order valence-electron chi connectivity index (χ4n) is 2.35. The molecule has 7 nitrogen and oxygen atoms in total. The monoisotopic (exact) mass is 353 g/mol. The van der Waals surface area contributed by atoms with E-state index in [0.717, 1.165) is 0 Å². The number of benzene rings is 1. The van der Waals surface area contributed by atoms with Gasteiger partial charge >= 0.3 is 12.3 Å². The van der Waals surface area contributed by atoms with Gasteiger partial charge in [-0.1, -0.05) is 6.07 Å². The average Bonchev–Trinajstić information content (AvgIpc) is 2.49. The van der Waals surface area contributed by atoms with E-state index in [0.29, 0.717) is 22.5 Å². The molecule has 2 rings (SSSR count). The third-order valence-electron chi connectivity index (χ3n) is 3.63. The zero-order valence-corrected chi connectivity index (χ0v) is 13.6. The normalized spacial score (nSPS) is 10.8. The van der Waals surface area contributed by atoms with Crippen LogP contribution in [-0.4, -0.2) is 22.5 Å².